The average molecular weight is 595 g/mol. The molecule has 0 saturated carbocycles. The Morgan fingerprint density at radius 3 is 2.30 bits per heavy atom. The highest BCUT2D eigenvalue weighted by molar-refractivity contribution is 9.10. The summed E-state index contributed by atoms with van der Waals surface area (Å²) in [5.41, 5.74) is -0.848. The van der Waals surface area contributed by atoms with E-state index in [0.717, 1.165) is 5.56 Å². The van der Waals surface area contributed by atoms with Crippen LogP contribution >= 0.6 is 27.5 Å². The number of ether oxygens (including phenoxy) is 2. The number of benzene rings is 2. The fourth-order valence-corrected chi connectivity index (χ4v) is 5.57. The smallest absolute Gasteiger partial charge is 0.415 e. The average Bonchev–Trinajstić information content (AvgIpc) is 3.11. The van der Waals surface area contributed by atoms with Gasteiger partial charge in [0, 0.05) is 16.8 Å². The van der Waals surface area contributed by atoms with Gasteiger partial charge in [-0.2, -0.15) is 0 Å². The number of carbonyl (C=O) groups excluding carboxylic acids is 2. The summed E-state index contributed by atoms with van der Waals surface area (Å²) in [6.07, 6.45) is 1.72. The Balaban J connectivity index is 2.32. The van der Waals surface area contributed by atoms with Crippen molar-refractivity contribution >= 4 is 45.3 Å². The molecule has 1 aliphatic rings. The molecule has 2 aromatic rings. The summed E-state index contributed by atoms with van der Waals surface area (Å²) in [5, 5.41) is -0.0702. The van der Waals surface area contributed by atoms with Gasteiger partial charge in [-0.3, -0.25) is 9.69 Å². The van der Waals surface area contributed by atoms with Crippen LogP contribution in [0.15, 0.2) is 53.5 Å². The summed E-state index contributed by atoms with van der Waals surface area (Å²) in [6.45, 7) is 14.7. The second-order valence-electron chi connectivity index (χ2n) is 11.3. The molecule has 0 aliphatic carbocycles. The van der Waals surface area contributed by atoms with Crippen molar-refractivity contribution in [3.8, 4) is 0 Å². The van der Waals surface area contributed by atoms with Gasteiger partial charge in [0.2, 0.25) is 0 Å². The zero-order chi connectivity index (χ0) is 27.8. The highest BCUT2D eigenvalue weighted by atomic mass is 79.9. The van der Waals surface area contributed by atoms with Crippen molar-refractivity contribution in [3.63, 3.8) is 0 Å². The van der Waals surface area contributed by atoms with Gasteiger partial charge in [0.15, 0.2) is 0 Å². The standard InChI is InChI=1S/C29H34BrClFNO4/c1-8-12-19(15-23(34)36-27(2,3)4)29(18-13-10-9-11-14-18)17-20-22(16-21(32)25(31)24(20)30)33(29)26(35)37-28(5,6)7/h8-11,13-14,16,19H,1,12,15,17H2,2-7H3/t19-,29+/m1/s1. The van der Waals surface area contributed by atoms with Crippen molar-refractivity contribution in [3.05, 3.63) is 75.5 Å². The first kappa shape index (κ1) is 29.2. The monoisotopic (exact) mass is 593 g/mol. The lowest BCUT2D eigenvalue weighted by Crippen LogP contribution is -2.54. The topological polar surface area (TPSA) is 55.8 Å². The molecule has 200 valence electrons. The Bertz CT molecular complexity index is 1190. The number of carbonyl (C=O) groups is 2. The minimum atomic E-state index is -1.11. The lowest BCUT2D eigenvalue weighted by Gasteiger charge is -2.45. The molecule has 0 bridgehead atoms. The quantitative estimate of drug-likeness (QED) is 0.192. The van der Waals surface area contributed by atoms with Gasteiger partial charge in [-0.05, 0) is 81.1 Å². The molecule has 8 heteroatoms. The Kier molecular flexibility index (Phi) is 8.50. The molecule has 2 aromatic carbocycles. The van der Waals surface area contributed by atoms with Crippen molar-refractivity contribution < 1.29 is 23.5 Å². The van der Waals surface area contributed by atoms with Crippen LogP contribution in [0.4, 0.5) is 14.9 Å². The number of allylic oxidation sites excluding steroid dienone is 1. The van der Waals surface area contributed by atoms with E-state index in [-0.39, 0.29) is 17.9 Å². The number of hydrogen-bond donors (Lipinski definition) is 0. The molecule has 0 radical (unpaired) electrons. The lowest BCUT2D eigenvalue weighted by atomic mass is 9.72. The first-order valence-electron chi connectivity index (χ1n) is 12.2. The summed E-state index contributed by atoms with van der Waals surface area (Å²) < 4.78 is 26.9. The Hall–Kier alpha value is -2.38. The number of fused-ring (bicyclic) bond motifs is 1. The van der Waals surface area contributed by atoms with E-state index < -0.39 is 40.5 Å². The first-order valence-corrected chi connectivity index (χ1v) is 13.4. The molecular weight excluding hydrogens is 561 g/mol. The van der Waals surface area contributed by atoms with E-state index in [1.807, 2.05) is 30.3 Å². The lowest BCUT2D eigenvalue weighted by molar-refractivity contribution is -0.156. The van der Waals surface area contributed by atoms with Crippen molar-refractivity contribution in [2.45, 2.75) is 77.5 Å². The maximum absolute atomic E-state index is 15.0. The molecule has 1 amide bonds. The van der Waals surface area contributed by atoms with Crippen LogP contribution in [-0.4, -0.2) is 23.3 Å². The van der Waals surface area contributed by atoms with Crippen LogP contribution in [-0.2, 0) is 26.2 Å². The normalized spacial score (nSPS) is 18.2. The number of esters is 1. The summed E-state index contributed by atoms with van der Waals surface area (Å²) >= 11 is 9.75. The van der Waals surface area contributed by atoms with E-state index >= 15 is 0 Å². The van der Waals surface area contributed by atoms with E-state index in [2.05, 4.69) is 22.5 Å². The summed E-state index contributed by atoms with van der Waals surface area (Å²) in [6, 6.07) is 10.7. The summed E-state index contributed by atoms with van der Waals surface area (Å²) in [7, 11) is 0. The zero-order valence-electron chi connectivity index (χ0n) is 22.2. The molecular formula is C29H34BrClFNO4. The summed E-state index contributed by atoms with van der Waals surface area (Å²) in [5.74, 6) is -1.55. The molecule has 5 nitrogen and oxygen atoms in total. The van der Waals surface area contributed by atoms with Crippen LogP contribution < -0.4 is 4.90 Å². The van der Waals surface area contributed by atoms with Crippen LogP contribution in [0, 0.1) is 11.7 Å². The number of halogens is 3. The molecule has 1 heterocycles. The second-order valence-corrected chi connectivity index (χ2v) is 12.4. The van der Waals surface area contributed by atoms with Crippen LogP contribution in [0.5, 0.6) is 0 Å². The van der Waals surface area contributed by atoms with Crippen molar-refractivity contribution in [2.75, 3.05) is 4.90 Å². The molecule has 1 aliphatic heterocycles. The minimum Gasteiger partial charge on any atom is -0.460 e. The Labute approximate surface area is 232 Å². The summed E-state index contributed by atoms with van der Waals surface area (Å²) in [4.78, 5) is 28.6. The first-order chi connectivity index (χ1) is 17.1. The molecule has 0 unspecified atom stereocenters. The van der Waals surface area contributed by atoms with Crippen LogP contribution in [0.1, 0.15) is 65.5 Å². The third kappa shape index (κ3) is 6.20. The fraction of sp³-hybridized carbons (Fsp3) is 0.448. The van der Waals surface area contributed by atoms with Gasteiger partial charge in [-0.1, -0.05) is 48.0 Å². The van der Waals surface area contributed by atoms with Crippen molar-refractivity contribution in [2.24, 2.45) is 5.92 Å². The molecule has 2 atom stereocenters. The van der Waals surface area contributed by atoms with Crippen LogP contribution in [0.2, 0.25) is 5.02 Å². The maximum Gasteiger partial charge on any atom is 0.415 e. The number of anilines is 1. The van der Waals surface area contributed by atoms with E-state index in [0.29, 0.717) is 22.1 Å². The molecule has 3 rings (SSSR count). The molecule has 0 saturated heterocycles. The van der Waals surface area contributed by atoms with Crippen molar-refractivity contribution in [1.29, 1.82) is 0 Å². The van der Waals surface area contributed by atoms with Gasteiger partial charge < -0.3 is 9.47 Å². The number of rotatable bonds is 6. The van der Waals surface area contributed by atoms with Crippen molar-refractivity contribution in [1.82, 2.24) is 0 Å². The maximum atomic E-state index is 15.0. The number of hydrogen-bond acceptors (Lipinski definition) is 4. The van der Waals surface area contributed by atoms with Gasteiger partial charge >= 0.3 is 12.1 Å². The van der Waals surface area contributed by atoms with Gasteiger partial charge in [-0.15, -0.1) is 6.58 Å². The van der Waals surface area contributed by atoms with E-state index in [9.17, 15) is 14.0 Å². The highest BCUT2D eigenvalue weighted by Crippen LogP contribution is 2.55. The third-order valence-corrected chi connectivity index (χ3v) is 7.61. The van der Waals surface area contributed by atoms with Gasteiger partial charge in [-0.25, -0.2) is 9.18 Å². The Morgan fingerprint density at radius 2 is 1.76 bits per heavy atom. The number of amides is 1. The van der Waals surface area contributed by atoms with E-state index in [1.165, 1.54) is 11.0 Å². The van der Waals surface area contributed by atoms with Gasteiger partial charge in [0.25, 0.3) is 0 Å². The van der Waals surface area contributed by atoms with E-state index in [1.54, 1.807) is 47.6 Å². The highest BCUT2D eigenvalue weighted by Gasteiger charge is 2.55. The fourth-order valence-electron chi connectivity index (χ4n) is 4.87. The number of nitrogens with zero attached hydrogens (tertiary/aromatic N) is 1. The molecule has 0 spiro atoms. The largest absolute Gasteiger partial charge is 0.460 e. The van der Waals surface area contributed by atoms with Crippen LogP contribution in [0.25, 0.3) is 0 Å². The van der Waals surface area contributed by atoms with Crippen LogP contribution in [0.3, 0.4) is 0 Å². The molecule has 0 fully saturated rings. The molecule has 37 heavy (non-hydrogen) atoms. The second kappa shape index (κ2) is 10.8. The third-order valence-electron chi connectivity index (χ3n) is 6.14. The van der Waals surface area contributed by atoms with Gasteiger partial charge in [0.1, 0.15) is 17.0 Å². The predicted molar refractivity (Wildman–Crippen MR) is 148 cm³/mol. The molecule has 0 N–H and O–H groups in total. The molecule has 0 aromatic heterocycles. The van der Waals surface area contributed by atoms with E-state index in [4.69, 9.17) is 21.1 Å². The minimum absolute atomic E-state index is 0.000690. The predicted octanol–water partition coefficient (Wildman–Crippen LogP) is 8.36. The Morgan fingerprint density at radius 1 is 1.16 bits per heavy atom. The van der Waals surface area contributed by atoms with Gasteiger partial charge in [0.05, 0.1) is 22.7 Å². The zero-order valence-corrected chi connectivity index (χ0v) is 24.5. The SMILES string of the molecule is C=CC[C@H](CC(=O)OC(C)(C)C)[C@@]1(c2ccccc2)Cc2c(cc(F)c(Cl)c2Br)N1C(=O)OC(C)(C)C.